The van der Waals surface area contributed by atoms with Crippen LogP contribution in [0.4, 0.5) is 5.69 Å². The van der Waals surface area contributed by atoms with Gasteiger partial charge in [-0.1, -0.05) is 19.1 Å². The predicted molar refractivity (Wildman–Crippen MR) is 95.9 cm³/mol. The Balaban J connectivity index is 1.77. The number of aryl methyl sites for hydroxylation is 3. The first-order chi connectivity index (χ1) is 11.0. The molecule has 0 saturated heterocycles. The summed E-state index contributed by atoms with van der Waals surface area (Å²) in [6.07, 6.45) is 3.00. The molecule has 0 saturated carbocycles. The van der Waals surface area contributed by atoms with Crippen molar-refractivity contribution in [3.63, 3.8) is 0 Å². The van der Waals surface area contributed by atoms with Crippen LogP contribution in [0, 0.1) is 13.8 Å². The van der Waals surface area contributed by atoms with E-state index >= 15 is 0 Å². The van der Waals surface area contributed by atoms with Crippen molar-refractivity contribution in [3.05, 3.63) is 65.4 Å². The molecule has 118 valence electrons. The topological polar surface area (TPSA) is 34.0 Å². The molecule has 2 aromatic carbocycles. The summed E-state index contributed by atoms with van der Waals surface area (Å²) in [6, 6.07) is 14.6. The number of benzene rings is 2. The van der Waals surface area contributed by atoms with Crippen LogP contribution in [0.3, 0.4) is 0 Å². The number of anilines is 1. The van der Waals surface area contributed by atoms with Crippen molar-refractivity contribution in [3.8, 4) is 0 Å². The highest BCUT2D eigenvalue weighted by molar-refractivity contribution is 5.92. The van der Waals surface area contributed by atoms with E-state index in [1.54, 1.807) is 0 Å². The summed E-state index contributed by atoms with van der Waals surface area (Å²) in [4.78, 5) is 12.3. The summed E-state index contributed by atoms with van der Waals surface area (Å²) in [5.74, 6) is -0.00734. The van der Waals surface area contributed by atoms with Crippen molar-refractivity contribution in [2.45, 2.75) is 33.7 Å². The molecule has 1 aromatic heterocycles. The zero-order valence-corrected chi connectivity index (χ0v) is 13.9. The fraction of sp³-hybridized carbons (Fsp3) is 0.250. The number of nitrogens with zero attached hydrogens (tertiary/aromatic N) is 1. The van der Waals surface area contributed by atoms with E-state index in [0.29, 0.717) is 6.54 Å². The van der Waals surface area contributed by atoms with E-state index in [2.05, 4.69) is 42.6 Å². The summed E-state index contributed by atoms with van der Waals surface area (Å²) in [5.41, 5.74) is 5.57. The second-order valence-electron chi connectivity index (χ2n) is 6.11. The van der Waals surface area contributed by atoms with E-state index in [1.807, 2.05) is 36.7 Å². The van der Waals surface area contributed by atoms with Crippen LogP contribution in [0.1, 0.15) is 23.6 Å². The van der Waals surface area contributed by atoms with Gasteiger partial charge in [0.1, 0.15) is 6.54 Å². The first kappa shape index (κ1) is 15.3. The van der Waals surface area contributed by atoms with Crippen molar-refractivity contribution in [1.29, 1.82) is 0 Å². The Labute approximate surface area is 136 Å². The molecule has 0 spiro atoms. The van der Waals surface area contributed by atoms with E-state index in [1.165, 1.54) is 10.9 Å². The molecule has 23 heavy (non-hydrogen) atoms. The van der Waals surface area contributed by atoms with Gasteiger partial charge in [-0.3, -0.25) is 4.79 Å². The zero-order chi connectivity index (χ0) is 16.4. The highest BCUT2D eigenvalue weighted by Crippen LogP contribution is 2.19. The highest BCUT2D eigenvalue weighted by Gasteiger charge is 2.07. The molecule has 3 aromatic rings. The van der Waals surface area contributed by atoms with Gasteiger partial charge in [0.25, 0.3) is 0 Å². The minimum atomic E-state index is -0.00734. The van der Waals surface area contributed by atoms with Crippen LogP contribution in [0.2, 0.25) is 0 Å². The SMILES string of the molecule is CCc1ccc2c(ccn2CC(=O)Nc2cc(C)cc(C)c2)c1. The number of aromatic nitrogens is 1. The maximum atomic E-state index is 12.3. The average molecular weight is 306 g/mol. The molecule has 0 radical (unpaired) electrons. The third-order valence-corrected chi connectivity index (χ3v) is 4.06. The van der Waals surface area contributed by atoms with Crippen LogP contribution >= 0.6 is 0 Å². The van der Waals surface area contributed by atoms with Gasteiger partial charge < -0.3 is 9.88 Å². The van der Waals surface area contributed by atoms with Gasteiger partial charge in [0.05, 0.1) is 0 Å². The molecule has 0 unspecified atom stereocenters. The van der Waals surface area contributed by atoms with Crippen molar-refractivity contribution in [2.75, 3.05) is 5.32 Å². The Morgan fingerprint density at radius 3 is 2.48 bits per heavy atom. The smallest absolute Gasteiger partial charge is 0.244 e. The number of carbonyl (C=O) groups is 1. The van der Waals surface area contributed by atoms with Gasteiger partial charge >= 0.3 is 0 Å². The van der Waals surface area contributed by atoms with E-state index in [4.69, 9.17) is 0 Å². The lowest BCUT2D eigenvalue weighted by molar-refractivity contribution is -0.116. The molecule has 3 heteroatoms. The van der Waals surface area contributed by atoms with E-state index in [9.17, 15) is 4.79 Å². The molecule has 3 rings (SSSR count). The normalized spacial score (nSPS) is 10.9. The van der Waals surface area contributed by atoms with Crippen LogP contribution in [0.5, 0.6) is 0 Å². The molecular formula is C20H22N2O. The molecule has 3 nitrogen and oxygen atoms in total. The molecular weight excluding hydrogens is 284 g/mol. The lowest BCUT2D eigenvalue weighted by Gasteiger charge is -2.09. The summed E-state index contributed by atoms with van der Waals surface area (Å²) in [7, 11) is 0. The minimum absolute atomic E-state index is 0.00734. The van der Waals surface area contributed by atoms with Crippen molar-refractivity contribution in [1.82, 2.24) is 4.57 Å². The number of amides is 1. The molecule has 0 bridgehead atoms. The molecule has 0 aliphatic rings. The Kier molecular flexibility index (Phi) is 4.20. The number of fused-ring (bicyclic) bond motifs is 1. The predicted octanol–water partition coefficient (Wildman–Crippen LogP) is 4.46. The summed E-state index contributed by atoms with van der Waals surface area (Å²) in [6.45, 7) is 6.54. The van der Waals surface area contributed by atoms with Crippen molar-refractivity contribution < 1.29 is 4.79 Å². The van der Waals surface area contributed by atoms with Crippen LogP contribution < -0.4 is 5.32 Å². The standard InChI is InChI=1S/C20H22N2O/c1-4-16-5-6-19-17(12-16)7-8-22(19)13-20(23)21-18-10-14(2)9-15(3)11-18/h5-12H,4,13H2,1-3H3,(H,21,23). The second-order valence-corrected chi connectivity index (χ2v) is 6.11. The van der Waals surface area contributed by atoms with Crippen LogP contribution in [0.15, 0.2) is 48.7 Å². The largest absolute Gasteiger partial charge is 0.338 e. The molecule has 1 amide bonds. The van der Waals surface area contributed by atoms with Crippen molar-refractivity contribution >= 4 is 22.5 Å². The summed E-state index contributed by atoms with van der Waals surface area (Å²) in [5, 5.41) is 4.17. The second kappa shape index (κ2) is 6.29. The Morgan fingerprint density at radius 2 is 1.78 bits per heavy atom. The van der Waals surface area contributed by atoms with Gasteiger partial charge in [-0.2, -0.15) is 0 Å². The third kappa shape index (κ3) is 3.45. The first-order valence-electron chi connectivity index (χ1n) is 8.01. The van der Waals surface area contributed by atoms with Crippen LogP contribution in [-0.4, -0.2) is 10.5 Å². The fourth-order valence-corrected chi connectivity index (χ4v) is 3.01. The fourth-order valence-electron chi connectivity index (χ4n) is 3.01. The monoisotopic (exact) mass is 306 g/mol. The number of hydrogen-bond acceptors (Lipinski definition) is 1. The van der Waals surface area contributed by atoms with Gasteiger partial charge in [-0.15, -0.1) is 0 Å². The first-order valence-corrected chi connectivity index (χ1v) is 8.01. The molecule has 0 aliphatic heterocycles. The van der Waals surface area contributed by atoms with Crippen LogP contribution in [-0.2, 0) is 17.8 Å². The number of rotatable bonds is 4. The minimum Gasteiger partial charge on any atom is -0.338 e. The quantitative estimate of drug-likeness (QED) is 0.758. The third-order valence-electron chi connectivity index (χ3n) is 4.06. The molecule has 0 fully saturated rings. The average Bonchev–Trinajstić information content (AvgIpc) is 2.88. The van der Waals surface area contributed by atoms with Gasteiger partial charge in [0.2, 0.25) is 5.91 Å². The van der Waals surface area contributed by atoms with E-state index in [0.717, 1.165) is 28.8 Å². The lowest BCUT2D eigenvalue weighted by Crippen LogP contribution is -2.18. The Bertz CT molecular complexity index is 841. The number of hydrogen-bond donors (Lipinski definition) is 1. The molecule has 0 aliphatic carbocycles. The van der Waals surface area contributed by atoms with Gasteiger partial charge in [-0.25, -0.2) is 0 Å². The molecule has 1 N–H and O–H groups in total. The number of nitrogens with one attached hydrogen (secondary N) is 1. The number of carbonyl (C=O) groups excluding carboxylic acids is 1. The molecule has 0 atom stereocenters. The van der Waals surface area contributed by atoms with Gasteiger partial charge in [0.15, 0.2) is 0 Å². The maximum absolute atomic E-state index is 12.3. The summed E-state index contributed by atoms with van der Waals surface area (Å²) >= 11 is 0. The lowest BCUT2D eigenvalue weighted by atomic mass is 10.1. The maximum Gasteiger partial charge on any atom is 0.244 e. The Hall–Kier alpha value is -2.55. The van der Waals surface area contributed by atoms with Crippen molar-refractivity contribution in [2.24, 2.45) is 0 Å². The zero-order valence-electron chi connectivity index (χ0n) is 13.9. The Morgan fingerprint density at radius 1 is 1.04 bits per heavy atom. The molecule has 1 heterocycles. The summed E-state index contributed by atoms with van der Waals surface area (Å²) < 4.78 is 1.99. The van der Waals surface area contributed by atoms with Crippen LogP contribution in [0.25, 0.3) is 10.9 Å². The van der Waals surface area contributed by atoms with E-state index in [-0.39, 0.29) is 5.91 Å². The van der Waals surface area contributed by atoms with Gasteiger partial charge in [0, 0.05) is 17.4 Å². The van der Waals surface area contributed by atoms with Gasteiger partial charge in [-0.05, 0) is 72.7 Å². The highest BCUT2D eigenvalue weighted by atomic mass is 16.1. The van der Waals surface area contributed by atoms with E-state index < -0.39 is 0 Å².